The molecule has 2 rings (SSSR count). The van der Waals surface area contributed by atoms with Gasteiger partial charge >= 0.3 is 0 Å². The Morgan fingerprint density at radius 2 is 2.00 bits per heavy atom. The molecule has 0 heterocycles. The zero-order valence-corrected chi connectivity index (χ0v) is 11.0. The van der Waals surface area contributed by atoms with Crippen LogP contribution >= 0.6 is 0 Å². The summed E-state index contributed by atoms with van der Waals surface area (Å²) in [7, 11) is 0. The van der Waals surface area contributed by atoms with Crippen LogP contribution in [0.4, 0.5) is 0 Å². The van der Waals surface area contributed by atoms with Gasteiger partial charge in [0.2, 0.25) is 0 Å². The molecule has 1 aliphatic carbocycles. The van der Waals surface area contributed by atoms with Gasteiger partial charge in [0.1, 0.15) is 17.4 Å². The fourth-order valence-electron chi connectivity index (χ4n) is 1.88. The highest BCUT2D eigenvalue weighted by molar-refractivity contribution is 6.02. The second-order valence-electron chi connectivity index (χ2n) is 4.92. The largest absolute Gasteiger partial charge is 0.507 e. The monoisotopic (exact) mass is 256 g/mol. The predicted octanol–water partition coefficient (Wildman–Crippen LogP) is 2.19. The van der Waals surface area contributed by atoms with Gasteiger partial charge < -0.3 is 10.4 Å². The summed E-state index contributed by atoms with van der Waals surface area (Å²) in [4.78, 5) is 11.8. The number of carbonyl (C=O) groups excluding carboxylic acids is 1. The van der Waals surface area contributed by atoms with Crippen LogP contribution in [0.25, 0.3) is 6.08 Å². The first-order valence-corrected chi connectivity index (χ1v) is 6.24. The van der Waals surface area contributed by atoms with Gasteiger partial charge in [-0.2, -0.15) is 5.26 Å². The highest BCUT2D eigenvalue weighted by Crippen LogP contribution is 2.24. The molecule has 0 radical (unpaired) electrons. The van der Waals surface area contributed by atoms with Crippen molar-refractivity contribution in [2.75, 3.05) is 0 Å². The van der Waals surface area contributed by atoms with Gasteiger partial charge in [-0.15, -0.1) is 0 Å². The number of nitriles is 1. The Morgan fingerprint density at radius 1 is 1.42 bits per heavy atom. The molecule has 19 heavy (non-hydrogen) atoms. The molecule has 98 valence electrons. The molecule has 1 aliphatic rings. The van der Waals surface area contributed by atoms with Crippen LogP contribution in [-0.2, 0) is 4.79 Å². The summed E-state index contributed by atoms with van der Waals surface area (Å²) >= 11 is 0. The minimum atomic E-state index is -0.326. The number of hydrogen-bond acceptors (Lipinski definition) is 3. The van der Waals surface area contributed by atoms with E-state index in [4.69, 9.17) is 5.26 Å². The molecule has 0 atom stereocenters. The second kappa shape index (κ2) is 5.15. The Kier molecular flexibility index (Phi) is 3.57. The highest BCUT2D eigenvalue weighted by atomic mass is 16.3. The molecule has 2 N–H and O–H groups in total. The van der Waals surface area contributed by atoms with Crippen molar-refractivity contribution >= 4 is 12.0 Å². The number of aromatic hydroxyl groups is 1. The van der Waals surface area contributed by atoms with Crippen LogP contribution in [0, 0.1) is 25.2 Å². The standard InChI is InChI=1S/C15H16N2O2/c1-9-5-11(6-10(2)14(9)18)7-12(8-16)15(19)17-13-3-4-13/h5-7,13,18H,3-4H2,1-2H3,(H,17,19)/b12-7+. The first kappa shape index (κ1) is 13.2. The summed E-state index contributed by atoms with van der Waals surface area (Å²) in [5.41, 5.74) is 2.30. The van der Waals surface area contributed by atoms with Crippen LogP contribution in [0.2, 0.25) is 0 Å². The number of carbonyl (C=O) groups is 1. The van der Waals surface area contributed by atoms with Crippen LogP contribution in [0.5, 0.6) is 5.75 Å². The number of phenols is 1. The molecule has 4 heteroatoms. The molecular formula is C15H16N2O2. The number of nitrogens with zero attached hydrogens (tertiary/aromatic N) is 1. The van der Waals surface area contributed by atoms with Gasteiger partial charge in [-0.3, -0.25) is 4.79 Å². The Morgan fingerprint density at radius 3 is 2.47 bits per heavy atom. The topological polar surface area (TPSA) is 73.1 Å². The molecule has 0 aromatic heterocycles. The molecule has 1 fully saturated rings. The molecule has 0 saturated heterocycles. The van der Waals surface area contributed by atoms with Gasteiger partial charge in [-0.25, -0.2) is 0 Å². The summed E-state index contributed by atoms with van der Waals surface area (Å²) in [5, 5.41) is 21.5. The van der Waals surface area contributed by atoms with Crippen molar-refractivity contribution in [2.45, 2.75) is 32.7 Å². The van der Waals surface area contributed by atoms with Gasteiger partial charge in [0.15, 0.2) is 0 Å². The van der Waals surface area contributed by atoms with Crippen molar-refractivity contribution in [1.82, 2.24) is 5.32 Å². The van der Waals surface area contributed by atoms with Crippen molar-refractivity contribution in [3.8, 4) is 11.8 Å². The predicted molar refractivity (Wildman–Crippen MR) is 72.3 cm³/mol. The van der Waals surface area contributed by atoms with Crippen LogP contribution in [-0.4, -0.2) is 17.1 Å². The van der Waals surface area contributed by atoms with Crippen molar-refractivity contribution in [3.63, 3.8) is 0 Å². The zero-order valence-electron chi connectivity index (χ0n) is 11.0. The number of rotatable bonds is 3. The molecule has 1 amide bonds. The normalized spacial score (nSPS) is 14.9. The van der Waals surface area contributed by atoms with Crippen LogP contribution in [0.15, 0.2) is 17.7 Å². The van der Waals surface area contributed by atoms with E-state index in [0.29, 0.717) is 0 Å². The SMILES string of the molecule is Cc1cc(/C=C(\C#N)C(=O)NC2CC2)cc(C)c1O. The maximum atomic E-state index is 11.8. The molecule has 0 spiro atoms. The molecule has 1 aromatic carbocycles. The van der Waals surface area contributed by atoms with E-state index in [1.165, 1.54) is 0 Å². The first-order chi connectivity index (χ1) is 9.01. The number of hydrogen-bond donors (Lipinski definition) is 2. The third-order valence-corrected chi connectivity index (χ3v) is 3.10. The smallest absolute Gasteiger partial charge is 0.262 e. The molecule has 0 aliphatic heterocycles. The van der Waals surface area contributed by atoms with E-state index in [0.717, 1.165) is 29.5 Å². The van der Waals surface area contributed by atoms with Crippen molar-refractivity contribution in [1.29, 1.82) is 5.26 Å². The summed E-state index contributed by atoms with van der Waals surface area (Å²) in [6.07, 6.45) is 3.53. The van der Waals surface area contributed by atoms with E-state index < -0.39 is 0 Å². The fraction of sp³-hybridized carbons (Fsp3) is 0.333. The molecule has 4 nitrogen and oxygen atoms in total. The van der Waals surface area contributed by atoms with Crippen molar-refractivity contribution in [2.24, 2.45) is 0 Å². The maximum absolute atomic E-state index is 11.8. The fourth-order valence-corrected chi connectivity index (χ4v) is 1.88. The Labute approximate surface area is 112 Å². The highest BCUT2D eigenvalue weighted by Gasteiger charge is 2.24. The lowest BCUT2D eigenvalue weighted by Gasteiger charge is -2.06. The first-order valence-electron chi connectivity index (χ1n) is 6.24. The Balaban J connectivity index is 2.26. The van der Waals surface area contributed by atoms with E-state index in [2.05, 4.69) is 5.32 Å². The van der Waals surface area contributed by atoms with E-state index >= 15 is 0 Å². The molecule has 0 unspecified atom stereocenters. The zero-order chi connectivity index (χ0) is 14.0. The molecule has 0 bridgehead atoms. The third-order valence-electron chi connectivity index (χ3n) is 3.10. The van der Waals surface area contributed by atoms with Crippen LogP contribution < -0.4 is 5.32 Å². The van der Waals surface area contributed by atoms with Gasteiger partial charge in [0.25, 0.3) is 5.91 Å². The number of benzene rings is 1. The molecule has 1 saturated carbocycles. The van der Waals surface area contributed by atoms with Crippen molar-refractivity contribution in [3.05, 3.63) is 34.4 Å². The number of nitrogens with one attached hydrogen (secondary N) is 1. The lowest BCUT2D eigenvalue weighted by Crippen LogP contribution is -2.26. The lowest BCUT2D eigenvalue weighted by atomic mass is 10.0. The van der Waals surface area contributed by atoms with E-state index in [9.17, 15) is 9.90 Å². The lowest BCUT2D eigenvalue weighted by molar-refractivity contribution is -0.117. The third kappa shape index (κ3) is 3.14. The number of phenolic OH excluding ortho intramolecular Hbond substituents is 1. The summed E-state index contributed by atoms with van der Waals surface area (Å²) in [5.74, 6) is -0.0773. The van der Waals surface area contributed by atoms with Gasteiger partial charge in [-0.1, -0.05) is 0 Å². The molecule has 1 aromatic rings. The average Bonchev–Trinajstić information content (AvgIpc) is 3.16. The minimum absolute atomic E-state index is 0.0939. The summed E-state index contributed by atoms with van der Waals surface area (Å²) in [6.45, 7) is 3.58. The Bertz CT molecular complexity index is 570. The second-order valence-corrected chi connectivity index (χ2v) is 4.92. The minimum Gasteiger partial charge on any atom is -0.507 e. The van der Waals surface area contributed by atoms with Crippen LogP contribution in [0.3, 0.4) is 0 Å². The number of amides is 1. The van der Waals surface area contributed by atoms with Crippen molar-refractivity contribution < 1.29 is 9.90 Å². The van der Waals surface area contributed by atoms with E-state index in [-0.39, 0.29) is 23.3 Å². The summed E-state index contributed by atoms with van der Waals surface area (Å²) < 4.78 is 0. The van der Waals surface area contributed by atoms with Gasteiger partial charge in [0.05, 0.1) is 0 Å². The number of aryl methyl sites for hydroxylation is 2. The maximum Gasteiger partial charge on any atom is 0.262 e. The van der Waals surface area contributed by atoms with Gasteiger partial charge in [0, 0.05) is 6.04 Å². The van der Waals surface area contributed by atoms with Gasteiger partial charge in [-0.05, 0) is 61.6 Å². The Hall–Kier alpha value is -2.28. The quantitative estimate of drug-likeness (QED) is 0.643. The summed E-state index contributed by atoms with van der Waals surface area (Å²) in [6, 6.07) is 5.66. The van der Waals surface area contributed by atoms with E-state index in [1.807, 2.05) is 6.07 Å². The van der Waals surface area contributed by atoms with E-state index in [1.54, 1.807) is 32.1 Å². The average molecular weight is 256 g/mol. The molecular weight excluding hydrogens is 240 g/mol. The van der Waals surface area contributed by atoms with Crippen LogP contribution in [0.1, 0.15) is 29.5 Å².